The van der Waals surface area contributed by atoms with Gasteiger partial charge in [-0.25, -0.2) is 9.59 Å². The van der Waals surface area contributed by atoms with Crippen LogP contribution < -0.4 is 0 Å². The van der Waals surface area contributed by atoms with Gasteiger partial charge in [-0.3, -0.25) is 0 Å². The summed E-state index contributed by atoms with van der Waals surface area (Å²) >= 11 is 0. The van der Waals surface area contributed by atoms with Crippen LogP contribution in [0.2, 0.25) is 0 Å². The number of hydrogen-bond donors (Lipinski definition) is 4. The summed E-state index contributed by atoms with van der Waals surface area (Å²) in [5, 5.41) is 35.1. The van der Waals surface area contributed by atoms with Gasteiger partial charge in [-0.15, -0.1) is 0 Å². The molecule has 0 spiro atoms. The van der Waals surface area contributed by atoms with E-state index in [1.165, 1.54) is 48.2 Å². The van der Waals surface area contributed by atoms with Crippen LogP contribution in [0.3, 0.4) is 0 Å². The second kappa shape index (κ2) is 12.1. The van der Waals surface area contributed by atoms with Gasteiger partial charge in [0.1, 0.15) is 11.5 Å². The number of benzene rings is 2. The van der Waals surface area contributed by atoms with Crippen LogP contribution in [0.4, 0.5) is 0 Å². The molecule has 4 N–H and O–H groups in total. The van der Waals surface area contributed by atoms with Gasteiger partial charge in [0.25, 0.3) is 0 Å². The molecule has 8 nitrogen and oxygen atoms in total. The number of aliphatic carboxylic acids is 2. The zero-order chi connectivity index (χ0) is 31.0. The Hall–Kier alpha value is -3.36. The first-order chi connectivity index (χ1) is 19.7. The van der Waals surface area contributed by atoms with E-state index in [0.717, 1.165) is 12.8 Å². The molecule has 6 atom stereocenters. The van der Waals surface area contributed by atoms with Crippen molar-refractivity contribution in [2.45, 2.75) is 76.3 Å². The molecule has 0 aromatic heterocycles. The summed E-state index contributed by atoms with van der Waals surface area (Å²) in [6, 6.07) is 13.2. The van der Waals surface area contributed by atoms with E-state index in [1.54, 1.807) is 0 Å². The van der Waals surface area contributed by atoms with Crippen molar-refractivity contribution in [1.29, 1.82) is 0 Å². The Kier molecular flexibility index (Phi) is 9.09. The molecule has 2 heterocycles. The Morgan fingerprint density at radius 1 is 0.738 bits per heavy atom. The van der Waals surface area contributed by atoms with Gasteiger partial charge >= 0.3 is 11.9 Å². The minimum atomic E-state index is -1.26. The van der Waals surface area contributed by atoms with E-state index in [9.17, 15) is 19.8 Å². The number of fused-ring (bicyclic) bond motifs is 8. The summed E-state index contributed by atoms with van der Waals surface area (Å²) in [7, 11) is 4.48. The maximum absolute atomic E-state index is 9.73. The van der Waals surface area contributed by atoms with Gasteiger partial charge in [0.05, 0.1) is 0 Å². The second-order valence-electron chi connectivity index (χ2n) is 13.1. The van der Waals surface area contributed by atoms with Crippen LogP contribution in [0.15, 0.2) is 48.6 Å². The van der Waals surface area contributed by atoms with Crippen LogP contribution in [-0.2, 0) is 33.3 Å². The number of carbonyl (C=O) groups is 2. The van der Waals surface area contributed by atoms with Crippen LogP contribution in [0, 0.1) is 11.8 Å². The fourth-order valence-electron chi connectivity index (χ4n) is 7.78. The van der Waals surface area contributed by atoms with Crippen LogP contribution in [0.1, 0.15) is 62.8 Å². The van der Waals surface area contributed by atoms with E-state index in [-0.39, 0.29) is 10.8 Å². The van der Waals surface area contributed by atoms with Gasteiger partial charge in [0, 0.05) is 24.2 Å². The fraction of sp³-hybridized carbons (Fsp3) is 0.529. The van der Waals surface area contributed by atoms with Crippen molar-refractivity contribution in [2.24, 2.45) is 11.8 Å². The first-order valence-electron chi connectivity index (χ1n) is 14.9. The van der Waals surface area contributed by atoms with Gasteiger partial charge in [-0.05, 0) is 122 Å². The Labute approximate surface area is 249 Å². The summed E-state index contributed by atoms with van der Waals surface area (Å²) in [4.78, 5) is 24.1. The van der Waals surface area contributed by atoms with Crippen molar-refractivity contribution >= 4 is 11.9 Å². The molecule has 228 valence electrons. The molecule has 2 aliphatic heterocycles. The van der Waals surface area contributed by atoms with Crippen LogP contribution in [-0.4, -0.2) is 81.4 Å². The Bertz CT molecular complexity index is 1260. The van der Waals surface area contributed by atoms with Gasteiger partial charge in [-0.2, -0.15) is 0 Å². The highest BCUT2D eigenvalue weighted by Gasteiger charge is 2.48. The molecule has 0 unspecified atom stereocenters. The lowest BCUT2D eigenvalue weighted by Gasteiger charge is -2.53. The summed E-state index contributed by atoms with van der Waals surface area (Å²) in [5.41, 5.74) is 6.11. The molecule has 2 aromatic carbocycles. The predicted molar refractivity (Wildman–Crippen MR) is 163 cm³/mol. The molecule has 2 saturated heterocycles. The molecule has 2 aromatic rings. The minimum Gasteiger partial charge on any atom is -0.508 e. The topological polar surface area (TPSA) is 122 Å². The molecule has 6 rings (SSSR count). The number of rotatable bonds is 2. The molecular formula is C34H46N2O6. The highest BCUT2D eigenvalue weighted by Crippen LogP contribution is 2.50. The summed E-state index contributed by atoms with van der Waals surface area (Å²) in [5.74, 6) is -0.366. The number of carboxylic acid groups (broad SMARTS) is 2. The second-order valence-corrected chi connectivity index (χ2v) is 13.1. The van der Waals surface area contributed by atoms with Crippen LogP contribution in [0.5, 0.6) is 11.5 Å². The van der Waals surface area contributed by atoms with E-state index >= 15 is 0 Å². The van der Waals surface area contributed by atoms with Crippen molar-refractivity contribution in [3.05, 3.63) is 70.8 Å². The van der Waals surface area contributed by atoms with Crippen molar-refractivity contribution < 1.29 is 30.0 Å². The smallest absolute Gasteiger partial charge is 0.328 e. The number of carboxylic acids is 2. The lowest BCUT2D eigenvalue weighted by Crippen LogP contribution is -2.56. The molecule has 4 bridgehead atoms. The van der Waals surface area contributed by atoms with Crippen molar-refractivity contribution in [3.63, 3.8) is 0 Å². The zero-order valence-electron chi connectivity index (χ0n) is 25.7. The number of phenols is 2. The van der Waals surface area contributed by atoms with Gasteiger partial charge in [0.2, 0.25) is 0 Å². The Balaban J connectivity index is 0.000000155. The SMILES string of the molecule is C[C@H]1[C@@H]2Cc3ccc(O)cc3[C@@]1(C)CCN2C.C[C@H]1[C@@H]2Cc3ccc(O)cc3[C@@]1(C)CCN2C.O=C(O)/C=C/C(=O)O. The third-order valence-electron chi connectivity index (χ3n) is 10.9. The highest BCUT2D eigenvalue weighted by atomic mass is 16.4. The number of nitrogens with zero attached hydrogens (tertiary/aromatic N) is 2. The summed E-state index contributed by atoms with van der Waals surface area (Å²) in [6.07, 6.45) is 5.76. The molecule has 0 amide bonds. The highest BCUT2D eigenvalue weighted by molar-refractivity contribution is 5.89. The largest absolute Gasteiger partial charge is 0.508 e. The third-order valence-corrected chi connectivity index (χ3v) is 10.9. The number of aromatic hydroxyl groups is 2. The zero-order valence-corrected chi connectivity index (χ0v) is 25.7. The molecule has 2 fully saturated rings. The Morgan fingerprint density at radius 2 is 1.10 bits per heavy atom. The average molecular weight is 579 g/mol. The Morgan fingerprint density at radius 3 is 1.43 bits per heavy atom. The molecular weight excluding hydrogens is 532 g/mol. The van der Waals surface area contributed by atoms with Crippen molar-refractivity contribution in [3.8, 4) is 11.5 Å². The molecule has 0 radical (unpaired) electrons. The number of likely N-dealkylation sites (tertiary alicyclic amines) is 2. The monoisotopic (exact) mass is 578 g/mol. The maximum Gasteiger partial charge on any atom is 0.328 e. The third kappa shape index (κ3) is 6.06. The maximum atomic E-state index is 9.73. The fourth-order valence-corrected chi connectivity index (χ4v) is 7.78. The van der Waals surface area contributed by atoms with Crippen molar-refractivity contribution in [2.75, 3.05) is 27.2 Å². The first kappa shape index (κ1) is 31.6. The predicted octanol–water partition coefficient (Wildman–Crippen LogP) is 4.80. The molecule has 42 heavy (non-hydrogen) atoms. The van der Waals surface area contributed by atoms with Gasteiger partial charge < -0.3 is 30.2 Å². The van der Waals surface area contributed by atoms with Gasteiger partial charge in [-0.1, -0.05) is 39.8 Å². The molecule has 4 aliphatic rings. The van der Waals surface area contributed by atoms with Crippen molar-refractivity contribution in [1.82, 2.24) is 9.80 Å². The van der Waals surface area contributed by atoms with E-state index < -0.39 is 11.9 Å². The van der Waals surface area contributed by atoms with E-state index in [1.807, 2.05) is 24.3 Å². The quantitative estimate of drug-likeness (QED) is 0.375. The van der Waals surface area contributed by atoms with Crippen LogP contribution in [0.25, 0.3) is 0 Å². The number of phenolic OH excluding ortho intramolecular Hbond substituents is 2. The molecule has 8 heteroatoms. The normalized spacial score (nSPS) is 31.5. The van der Waals surface area contributed by atoms with E-state index in [4.69, 9.17) is 10.2 Å². The average Bonchev–Trinajstić information content (AvgIpc) is 2.93. The van der Waals surface area contributed by atoms with E-state index in [0.29, 0.717) is 47.6 Å². The minimum absolute atomic E-state index is 0.240. The summed E-state index contributed by atoms with van der Waals surface area (Å²) < 4.78 is 0. The van der Waals surface area contributed by atoms with Crippen LogP contribution >= 0.6 is 0 Å². The first-order valence-corrected chi connectivity index (χ1v) is 14.9. The summed E-state index contributed by atoms with van der Waals surface area (Å²) in [6.45, 7) is 11.8. The number of likely N-dealkylation sites (N-methyl/N-ethyl adjacent to an activating group) is 2. The standard InChI is InChI=1S/2C15H21NO.C4H4O4/c2*1-10-14-8-11-4-5-12(17)9-13(11)15(10,2)6-7-16(14)3;5-3(6)1-2-4(7)8/h2*4-5,9-10,14,17H,6-8H2,1-3H3;1-2H,(H,5,6)(H,7,8)/b;;2-1+/t2*10-,14-,15-;/m00./s1. The lowest BCUT2D eigenvalue weighted by atomic mass is 9.59. The number of hydrogen-bond acceptors (Lipinski definition) is 6. The van der Waals surface area contributed by atoms with Gasteiger partial charge in [0.15, 0.2) is 0 Å². The molecule has 0 saturated carbocycles. The molecule has 2 aliphatic carbocycles. The lowest BCUT2D eigenvalue weighted by molar-refractivity contribution is -0.134. The van der Waals surface area contributed by atoms with E-state index in [2.05, 4.69) is 63.7 Å². The number of piperidine rings is 2.